The van der Waals surface area contributed by atoms with Crippen molar-refractivity contribution in [1.29, 1.82) is 0 Å². The van der Waals surface area contributed by atoms with Crippen LogP contribution in [0.25, 0.3) is 10.9 Å². The predicted octanol–water partition coefficient (Wildman–Crippen LogP) is 3.55. The van der Waals surface area contributed by atoms with Crippen LogP contribution in [0, 0.1) is 12.3 Å². The van der Waals surface area contributed by atoms with E-state index in [4.69, 9.17) is 5.73 Å². The number of para-hydroxylation sites is 1. The Labute approximate surface area is 115 Å². The lowest BCUT2D eigenvalue weighted by molar-refractivity contribution is 0.307. The molecule has 1 aromatic heterocycles. The summed E-state index contributed by atoms with van der Waals surface area (Å²) >= 11 is 0. The predicted molar refractivity (Wildman–Crippen MR) is 81.3 cm³/mol. The summed E-state index contributed by atoms with van der Waals surface area (Å²) in [6.07, 6.45) is 6.44. The molecule has 0 aliphatic heterocycles. The van der Waals surface area contributed by atoms with Gasteiger partial charge in [0, 0.05) is 23.6 Å². The van der Waals surface area contributed by atoms with Gasteiger partial charge in [-0.3, -0.25) is 0 Å². The maximum absolute atomic E-state index is 6.11. The van der Waals surface area contributed by atoms with Gasteiger partial charge in [0.05, 0.1) is 0 Å². The molecular formula is C17H24N2. The molecule has 1 heterocycles. The standard InChI is InChI=1S/C17H24N2/c1-13-15(11-17(12-18)9-5-6-10-17)14-7-3-4-8-16(14)19(13)2/h3-4,7-8H,5-6,9-12,18H2,1-2H3. The number of nitrogens with two attached hydrogens (primary N) is 1. The summed E-state index contributed by atoms with van der Waals surface area (Å²) in [6.45, 7) is 3.07. The van der Waals surface area contributed by atoms with Crippen LogP contribution in [-0.2, 0) is 13.5 Å². The molecule has 1 fully saturated rings. The highest BCUT2D eigenvalue weighted by Gasteiger charge is 2.34. The minimum absolute atomic E-state index is 0.356. The smallest absolute Gasteiger partial charge is 0.0482 e. The van der Waals surface area contributed by atoms with E-state index in [1.165, 1.54) is 47.8 Å². The third-order valence-electron chi connectivity index (χ3n) is 5.18. The largest absolute Gasteiger partial charge is 0.348 e. The number of benzene rings is 1. The summed E-state index contributed by atoms with van der Waals surface area (Å²) in [5.74, 6) is 0. The van der Waals surface area contributed by atoms with Crippen molar-refractivity contribution in [3.63, 3.8) is 0 Å². The minimum Gasteiger partial charge on any atom is -0.348 e. The first-order valence-electron chi connectivity index (χ1n) is 7.40. The lowest BCUT2D eigenvalue weighted by atomic mass is 9.79. The molecule has 2 aromatic rings. The molecule has 1 aliphatic carbocycles. The van der Waals surface area contributed by atoms with Gasteiger partial charge in [0.15, 0.2) is 0 Å². The van der Waals surface area contributed by atoms with Gasteiger partial charge in [-0.05, 0) is 49.8 Å². The summed E-state index contributed by atoms with van der Waals surface area (Å²) in [6, 6.07) is 8.75. The minimum atomic E-state index is 0.356. The Bertz CT molecular complexity index is 589. The van der Waals surface area contributed by atoms with Gasteiger partial charge in [-0.2, -0.15) is 0 Å². The lowest BCUT2D eigenvalue weighted by Gasteiger charge is -2.27. The van der Waals surface area contributed by atoms with Crippen molar-refractivity contribution in [1.82, 2.24) is 4.57 Å². The van der Waals surface area contributed by atoms with Crippen molar-refractivity contribution in [2.24, 2.45) is 18.2 Å². The highest BCUT2D eigenvalue weighted by molar-refractivity contribution is 5.85. The zero-order valence-corrected chi connectivity index (χ0v) is 12.1. The first-order chi connectivity index (χ1) is 9.17. The Morgan fingerprint density at radius 1 is 1.21 bits per heavy atom. The second-order valence-electron chi connectivity index (χ2n) is 6.23. The van der Waals surface area contributed by atoms with Crippen molar-refractivity contribution in [2.75, 3.05) is 6.54 Å². The number of nitrogens with zero attached hydrogens (tertiary/aromatic N) is 1. The third kappa shape index (κ3) is 1.99. The zero-order chi connectivity index (χ0) is 13.5. The van der Waals surface area contributed by atoms with E-state index in [0.29, 0.717) is 5.41 Å². The van der Waals surface area contributed by atoms with Crippen LogP contribution in [0.5, 0.6) is 0 Å². The Morgan fingerprint density at radius 2 is 1.89 bits per heavy atom. The molecule has 102 valence electrons. The normalized spacial score (nSPS) is 18.3. The Hall–Kier alpha value is -1.28. The molecule has 19 heavy (non-hydrogen) atoms. The number of aryl methyl sites for hydroxylation is 1. The summed E-state index contributed by atoms with van der Waals surface area (Å²) in [5, 5.41) is 1.42. The van der Waals surface area contributed by atoms with E-state index in [2.05, 4.69) is 42.8 Å². The molecule has 0 atom stereocenters. The molecule has 0 bridgehead atoms. The summed E-state index contributed by atoms with van der Waals surface area (Å²) < 4.78 is 2.32. The molecule has 0 radical (unpaired) electrons. The van der Waals surface area contributed by atoms with Crippen LogP contribution in [0.15, 0.2) is 24.3 Å². The van der Waals surface area contributed by atoms with Crippen LogP contribution in [0.1, 0.15) is 36.9 Å². The molecule has 2 heteroatoms. The van der Waals surface area contributed by atoms with E-state index in [0.717, 1.165) is 13.0 Å². The van der Waals surface area contributed by atoms with Gasteiger partial charge in [0.25, 0.3) is 0 Å². The highest BCUT2D eigenvalue weighted by Crippen LogP contribution is 2.42. The Balaban J connectivity index is 2.07. The molecule has 0 amide bonds. The second-order valence-corrected chi connectivity index (χ2v) is 6.23. The monoisotopic (exact) mass is 256 g/mol. The summed E-state index contributed by atoms with van der Waals surface area (Å²) in [5.41, 5.74) is 10.7. The van der Waals surface area contributed by atoms with Gasteiger partial charge < -0.3 is 10.3 Å². The van der Waals surface area contributed by atoms with Gasteiger partial charge >= 0.3 is 0 Å². The second kappa shape index (κ2) is 4.68. The van der Waals surface area contributed by atoms with Gasteiger partial charge in [-0.1, -0.05) is 31.0 Å². The summed E-state index contributed by atoms with van der Waals surface area (Å²) in [4.78, 5) is 0. The molecule has 0 saturated heterocycles. The fourth-order valence-corrected chi connectivity index (χ4v) is 3.78. The van der Waals surface area contributed by atoms with Gasteiger partial charge in [0.2, 0.25) is 0 Å². The number of rotatable bonds is 3. The number of hydrogen-bond donors (Lipinski definition) is 1. The van der Waals surface area contributed by atoms with Crippen LogP contribution in [-0.4, -0.2) is 11.1 Å². The third-order valence-corrected chi connectivity index (χ3v) is 5.18. The molecule has 2 N–H and O–H groups in total. The van der Waals surface area contributed by atoms with Crippen LogP contribution in [0.3, 0.4) is 0 Å². The van der Waals surface area contributed by atoms with Gasteiger partial charge in [-0.25, -0.2) is 0 Å². The number of aromatic nitrogens is 1. The van der Waals surface area contributed by atoms with E-state index in [9.17, 15) is 0 Å². The molecule has 3 rings (SSSR count). The number of hydrogen-bond acceptors (Lipinski definition) is 1. The van der Waals surface area contributed by atoms with E-state index < -0.39 is 0 Å². The van der Waals surface area contributed by atoms with E-state index in [1.807, 2.05) is 0 Å². The first kappa shape index (κ1) is 12.7. The molecular weight excluding hydrogens is 232 g/mol. The maximum atomic E-state index is 6.11. The Morgan fingerprint density at radius 3 is 2.58 bits per heavy atom. The van der Waals surface area contributed by atoms with Crippen molar-refractivity contribution in [3.8, 4) is 0 Å². The SMILES string of the molecule is Cc1c(CC2(CN)CCCC2)c2ccccc2n1C. The molecule has 1 saturated carbocycles. The fourth-order valence-electron chi connectivity index (χ4n) is 3.78. The maximum Gasteiger partial charge on any atom is 0.0482 e. The quantitative estimate of drug-likeness (QED) is 0.894. The lowest BCUT2D eigenvalue weighted by Crippen LogP contribution is -2.29. The van der Waals surface area contributed by atoms with E-state index >= 15 is 0 Å². The van der Waals surface area contributed by atoms with Crippen molar-refractivity contribution < 1.29 is 0 Å². The van der Waals surface area contributed by atoms with E-state index in [-0.39, 0.29) is 0 Å². The molecule has 0 spiro atoms. The first-order valence-corrected chi connectivity index (χ1v) is 7.40. The van der Waals surface area contributed by atoms with Crippen LogP contribution in [0.4, 0.5) is 0 Å². The average Bonchev–Trinajstić information content (AvgIpc) is 3.00. The average molecular weight is 256 g/mol. The fraction of sp³-hybridized carbons (Fsp3) is 0.529. The molecule has 2 nitrogen and oxygen atoms in total. The van der Waals surface area contributed by atoms with Crippen LogP contribution < -0.4 is 5.73 Å². The van der Waals surface area contributed by atoms with Crippen molar-refractivity contribution in [3.05, 3.63) is 35.5 Å². The topological polar surface area (TPSA) is 30.9 Å². The summed E-state index contributed by atoms with van der Waals surface area (Å²) in [7, 11) is 2.17. The van der Waals surface area contributed by atoms with Gasteiger partial charge in [-0.15, -0.1) is 0 Å². The zero-order valence-electron chi connectivity index (χ0n) is 12.1. The number of fused-ring (bicyclic) bond motifs is 1. The molecule has 1 aromatic carbocycles. The van der Waals surface area contributed by atoms with Crippen LogP contribution in [0.2, 0.25) is 0 Å². The van der Waals surface area contributed by atoms with E-state index in [1.54, 1.807) is 0 Å². The van der Waals surface area contributed by atoms with Crippen molar-refractivity contribution in [2.45, 2.75) is 39.0 Å². The highest BCUT2D eigenvalue weighted by atomic mass is 14.9. The molecule has 1 aliphatic rings. The molecule has 0 unspecified atom stereocenters. The van der Waals surface area contributed by atoms with Crippen molar-refractivity contribution >= 4 is 10.9 Å². The Kier molecular flexibility index (Phi) is 3.14. The van der Waals surface area contributed by atoms with Gasteiger partial charge in [0.1, 0.15) is 0 Å². The van der Waals surface area contributed by atoms with Crippen LogP contribution >= 0.6 is 0 Å².